The monoisotopic (exact) mass is 505 g/mol. The molecule has 0 spiro atoms. The molecule has 0 radical (unpaired) electrons. The lowest BCUT2D eigenvalue weighted by Gasteiger charge is -2.23. The molecule has 0 aliphatic heterocycles. The molecule has 2 amide bonds. The third-order valence-electron chi connectivity index (χ3n) is 5.02. The molecule has 2 N–H and O–H groups in total. The molecular weight excluding hydrogens is 458 g/mol. The highest BCUT2D eigenvalue weighted by Gasteiger charge is 2.25. The summed E-state index contributed by atoms with van der Waals surface area (Å²) in [5, 5.41) is 5.62. The molecule has 0 saturated heterocycles. The van der Waals surface area contributed by atoms with Crippen LogP contribution in [0.5, 0.6) is 0 Å². The number of aliphatic imine (C=N–C) groups is 1. The lowest BCUT2D eigenvalue weighted by molar-refractivity contribution is -0.135. The summed E-state index contributed by atoms with van der Waals surface area (Å²) in [6.07, 6.45) is 10.5. The summed E-state index contributed by atoms with van der Waals surface area (Å²) < 4.78 is 10.3. The van der Waals surface area contributed by atoms with Crippen molar-refractivity contribution in [1.82, 2.24) is 10.6 Å². The molecule has 0 rings (SSSR count). The topological polar surface area (TPSA) is 106 Å². The number of amides is 2. The van der Waals surface area contributed by atoms with Gasteiger partial charge in [-0.3, -0.25) is 9.79 Å². The van der Waals surface area contributed by atoms with Crippen molar-refractivity contribution in [2.75, 3.05) is 13.7 Å². The van der Waals surface area contributed by atoms with Gasteiger partial charge in [0.05, 0.1) is 12.7 Å². The highest BCUT2D eigenvalue weighted by molar-refractivity contribution is 6.05. The predicted octanol–water partition coefficient (Wildman–Crippen LogP) is 5.64. The van der Waals surface area contributed by atoms with E-state index in [4.69, 9.17) is 14.5 Å². The van der Waals surface area contributed by atoms with E-state index in [2.05, 4.69) is 17.6 Å². The highest BCUT2D eigenvalue weighted by Crippen LogP contribution is 2.15. The number of methoxy groups -OCH3 is 1. The first-order chi connectivity index (χ1) is 16.9. The molecule has 8 heteroatoms. The van der Waals surface area contributed by atoms with Gasteiger partial charge in [-0.2, -0.15) is 0 Å². The van der Waals surface area contributed by atoms with E-state index in [0.717, 1.165) is 25.7 Å². The van der Waals surface area contributed by atoms with Crippen molar-refractivity contribution in [3.05, 3.63) is 35.6 Å². The van der Waals surface area contributed by atoms with E-state index in [1.807, 2.05) is 27.7 Å². The molecular formula is C28H47N3O5. The Kier molecular flexibility index (Phi) is 16.1. The Bertz CT molecular complexity index is 833. The molecule has 0 aliphatic carbocycles. The third-order valence-corrected chi connectivity index (χ3v) is 5.02. The number of rotatable bonds is 14. The van der Waals surface area contributed by atoms with Crippen LogP contribution < -0.4 is 10.6 Å². The number of allylic oxidation sites excluding steroid dienone is 3. The van der Waals surface area contributed by atoms with Crippen molar-refractivity contribution < 1.29 is 23.9 Å². The number of carbonyl (C=O) groups is 3. The summed E-state index contributed by atoms with van der Waals surface area (Å²) in [5.41, 5.74) is 0.926. The Morgan fingerprint density at radius 1 is 1.06 bits per heavy atom. The van der Waals surface area contributed by atoms with Crippen molar-refractivity contribution >= 4 is 23.7 Å². The average molecular weight is 506 g/mol. The van der Waals surface area contributed by atoms with Crippen LogP contribution >= 0.6 is 0 Å². The quantitative estimate of drug-likeness (QED) is 0.104. The normalized spacial score (nSPS) is 14.1. The minimum atomic E-state index is -0.867. The molecule has 0 aromatic carbocycles. The molecule has 1 atom stereocenters. The lowest BCUT2D eigenvalue weighted by Crippen LogP contribution is -2.48. The first-order valence-electron chi connectivity index (χ1n) is 12.8. The Labute approximate surface area is 217 Å². The second kappa shape index (κ2) is 17.5. The van der Waals surface area contributed by atoms with E-state index < -0.39 is 23.7 Å². The molecule has 0 aromatic rings. The fraction of sp³-hybridized carbons (Fsp3) is 0.643. The Hall–Kier alpha value is -2.90. The van der Waals surface area contributed by atoms with Gasteiger partial charge in [-0.1, -0.05) is 58.3 Å². The number of hydrogen-bond donors (Lipinski definition) is 2. The number of carbonyl (C=O) groups excluding carboxylic acids is 3. The number of nitrogens with zero attached hydrogens (tertiary/aromatic N) is 1. The molecule has 36 heavy (non-hydrogen) atoms. The minimum Gasteiger partial charge on any atom is -0.465 e. The van der Waals surface area contributed by atoms with Crippen molar-refractivity contribution in [2.45, 2.75) is 99.1 Å². The summed E-state index contributed by atoms with van der Waals surface area (Å²) in [6.45, 7) is 15.5. The molecule has 8 nitrogen and oxygen atoms in total. The van der Waals surface area contributed by atoms with Crippen LogP contribution in [0.4, 0.5) is 4.79 Å². The van der Waals surface area contributed by atoms with Gasteiger partial charge in [0.1, 0.15) is 11.6 Å². The Morgan fingerprint density at radius 2 is 1.72 bits per heavy atom. The second-order valence-electron chi connectivity index (χ2n) is 9.82. The maximum Gasteiger partial charge on any atom is 0.408 e. The van der Waals surface area contributed by atoms with E-state index in [1.54, 1.807) is 45.1 Å². The lowest BCUT2D eigenvalue weighted by atomic mass is 10.0. The number of esters is 1. The van der Waals surface area contributed by atoms with Gasteiger partial charge in [0.2, 0.25) is 5.91 Å². The number of nitrogens with one attached hydrogen (secondary N) is 2. The van der Waals surface area contributed by atoms with Crippen LogP contribution in [0.3, 0.4) is 0 Å². The largest absolute Gasteiger partial charge is 0.465 e. The van der Waals surface area contributed by atoms with Crippen molar-refractivity contribution in [3.8, 4) is 0 Å². The first-order valence-corrected chi connectivity index (χ1v) is 12.8. The van der Waals surface area contributed by atoms with E-state index in [-0.39, 0.29) is 18.2 Å². The van der Waals surface area contributed by atoms with Crippen molar-refractivity contribution in [3.63, 3.8) is 0 Å². The zero-order valence-corrected chi connectivity index (χ0v) is 23.7. The van der Waals surface area contributed by atoms with Gasteiger partial charge >= 0.3 is 12.1 Å². The fourth-order valence-electron chi connectivity index (χ4n) is 3.11. The Morgan fingerprint density at radius 3 is 2.22 bits per heavy atom. The van der Waals surface area contributed by atoms with Gasteiger partial charge < -0.3 is 20.1 Å². The molecule has 204 valence electrons. The predicted molar refractivity (Wildman–Crippen MR) is 146 cm³/mol. The molecule has 0 unspecified atom stereocenters. The molecule has 0 aliphatic rings. The number of alkyl carbamates (subject to hydrolysis) is 1. The molecule has 0 bridgehead atoms. The van der Waals surface area contributed by atoms with Crippen LogP contribution in [0.2, 0.25) is 0 Å². The van der Waals surface area contributed by atoms with Gasteiger partial charge in [0.15, 0.2) is 0 Å². The van der Waals surface area contributed by atoms with Crippen LogP contribution in [-0.2, 0) is 19.1 Å². The SMILES string of the molecule is C\C=C/C(=C\C(=N\C(=C/C)C[C@H](NC(=O)OC(C)(C)C)C(=O)NCCCCCC)C(C)C)C(=O)OC. The van der Waals surface area contributed by atoms with Crippen molar-refractivity contribution in [2.24, 2.45) is 10.9 Å². The zero-order chi connectivity index (χ0) is 27.7. The number of hydrogen-bond acceptors (Lipinski definition) is 6. The van der Waals surface area contributed by atoms with E-state index in [0.29, 0.717) is 23.5 Å². The van der Waals surface area contributed by atoms with Crippen LogP contribution in [-0.4, -0.2) is 49.0 Å². The average Bonchev–Trinajstić information content (AvgIpc) is 2.79. The maximum absolute atomic E-state index is 13.0. The van der Waals surface area contributed by atoms with E-state index in [1.165, 1.54) is 7.11 Å². The van der Waals surface area contributed by atoms with Gasteiger partial charge in [0, 0.05) is 24.4 Å². The summed E-state index contributed by atoms with van der Waals surface area (Å²) >= 11 is 0. The van der Waals surface area contributed by atoms with Crippen molar-refractivity contribution in [1.29, 1.82) is 0 Å². The number of ether oxygens (including phenoxy) is 2. The van der Waals surface area contributed by atoms with Crippen LogP contribution in [0.25, 0.3) is 0 Å². The second-order valence-corrected chi connectivity index (χ2v) is 9.82. The first kappa shape index (κ1) is 33.1. The van der Waals surface area contributed by atoms with Crippen LogP contribution in [0.15, 0.2) is 40.6 Å². The standard InChI is InChI=1S/C28H47N3O5/c1-10-13-14-15-17-29-25(32)24(31-27(34)36-28(6,7)8)19-22(12-3)30-23(20(4)5)18-21(16-11-2)26(33)35-9/h11-12,16,18,20,24H,10,13-15,17,19H2,1-9H3,(H,29,32)(H,31,34)/b16-11-,21-18+,22-12-,30-23-/t24-/m0/s1. The van der Waals surface area contributed by atoms with Gasteiger partial charge in [-0.25, -0.2) is 9.59 Å². The van der Waals surface area contributed by atoms with Gasteiger partial charge in [-0.15, -0.1) is 0 Å². The summed E-state index contributed by atoms with van der Waals surface area (Å²) in [6, 6.07) is -0.867. The Balaban J connectivity index is 5.92. The molecule has 0 aromatic heterocycles. The molecule has 0 saturated carbocycles. The maximum atomic E-state index is 13.0. The summed E-state index contributed by atoms with van der Waals surface area (Å²) in [4.78, 5) is 42.4. The van der Waals surface area contributed by atoms with Gasteiger partial charge in [0.25, 0.3) is 0 Å². The third kappa shape index (κ3) is 14.5. The summed E-state index contributed by atoms with van der Waals surface area (Å²) in [5.74, 6) is -0.761. The number of unbranched alkanes of at least 4 members (excludes halogenated alkanes) is 3. The smallest absolute Gasteiger partial charge is 0.408 e. The molecule has 0 heterocycles. The highest BCUT2D eigenvalue weighted by atomic mass is 16.6. The zero-order valence-electron chi connectivity index (χ0n) is 23.7. The van der Waals surface area contributed by atoms with E-state index in [9.17, 15) is 14.4 Å². The van der Waals surface area contributed by atoms with E-state index >= 15 is 0 Å². The van der Waals surface area contributed by atoms with Crippen LogP contribution in [0, 0.1) is 5.92 Å². The van der Waals surface area contributed by atoms with Gasteiger partial charge in [-0.05, 0) is 53.0 Å². The fourth-order valence-corrected chi connectivity index (χ4v) is 3.11. The minimum absolute atomic E-state index is 0.00507. The van der Waals surface area contributed by atoms with Crippen LogP contribution in [0.1, 0.15) is 87.5 Å². The summed E-state index contributed by atoms with van der Waals surface area (Å²) in [7, 11) is 1.33. The molecule has 0 fully saturated rings.